The smallest absolute Gasteiger partial charge is 0.305 e. The quantitative estimate of drug-likeness (QED) is 0.883. The predicted molar refractivity (Wildman–Crippen MR) is 86.6 cm³/mol. The highest BCUT2D eigenvalue weighted by molar-refractivity contribution is 7.10. The number of carbonyl (C=O) groups is 2. The molecule has 1 aromatic carbocycles. The zero-order valence-electron chi connectivity index (χ0n) is 12.4. The van der Waals surface area contributed by atoms with Crippen molar-refractivity contribution in [3.05, 3.63) is 52.2 Å². The number of ether oxygens (including phenoxy) is 1. The van der Waals surface area contributed by atoms with E-state index in [1.54, 1.807) is 0 Å². The molecule has 0 bridgehead atoms. The Labute approximate surface area is 137 Å². The van der Waals surface area contributed by atoms with E-state index in [4.69, 9.17) is 9.84 Å². The van der Waals surface area contributed by atoms with Crippen molar-refractivity contribution in [2.45, 2.75) is 18.9 Å². The highest BCUT2D eigenvalue weighted by Crippen LogP contribution is 2.28. The third kappa shape index (κ3) is 3.71. The monoisotopic (exact) mass is 331 g/mol. The molecule has 0 spiro atoms. The first-order chi connectivity index (χ1) is 11.1. The number of hydrogen-bond donors (Lipinski definition) is 2. The molecule has 0 saturated carbocycles. The van der Waals surface area contributed by atoms with E-state index in [9.17, 15) is 9.59 Å². The molecule has 1 aliphatic rings. The molecule has 0 radical (unpaired) electrons. The Morgan fingerprint density at radius 2 is 2.13 bits per heavy atom. The second-order valence-electron chi connectivity index (χ2n) is 5.49. The summed E-state index contributed by atoms with van der Waals surface area (Å²) < 4.78 is 5.64. The van der Waals surface area contributed by atoms with Crippen LogP contribution in [0.5, 0.6) is 5.75 Å². The zero-order valence-corrected chi connectivity index (χ0v) is 13.2. The summed E-state index contributed by atoms with van der Waals surface area (Å²) in [6.45, 7) is 0.313. The third-order valence-corrected chi connectivity index (χ3v) is 4.82. The molecule has 2 N–H and O–H groups in total. The van der Waals surface area contributed by atoms with E-state index in [0.717, 1.165) is 16.2 Å². The summed E-state index contributed by atoms with van der Waals surface area (Å²) in [5, 5.41) is 13.8. The van der Waals surface area contributed by atoms with Crippen LogP contribution in [0.3, 0.4) is 0 Å². The van der Waals surface area contributed by atoms with Crippen LogP contribution in [-0.2, 0) is 16.0 Å². The van der Waals surface area contributed by atoms with Crippen LogP contribution in [0, 0.1) is 5.92 Å². The van der Waals surface area contributed by atoms with Crippen LogP contribution in [0.2, 0.25) is 0 Å². The van der Waals surface area contributed by atoms with Crippen LogP contribution >= 0.6 is 11.3 Å². The van der Waals surface area contributed by atoms with E-state index in [1.807, 2.05) is 41.8 Å². The molecule has 0 fully saturated rings. The maximum Gasteiger partial charge on any atom is 0.305 e. The SMILES string of the molecule is O=C(O)CC(NC(=O)C1COc2ccccc2C1)c1cccs1. The van der Waals surface area contributed by atoms with E-state index in [-0.39, 0.29) is 18.2 Å². The van der Waals surface area contributed by atoms with Crippen LogP contribution in [-0.4, -0.2) is 23.6 Å². The summed E-state index contributed by atoms with van der Waals surface area (Å²) in [6.07, 6.45) is 0.475. The number of carboxylic acids is 1. The van der Waals surface area contributed by atoms with Gasteiger partial charge in [-0.3, -0.25) is 9.59 Å². The zero-order chi connectivity index (χ0) is 16.2. The average Bonchev–Trinajstić information content (AvgIpc) is 3.07. The first-order valence-electron chi connectivity index (χ1n) is 7.40. The van der Waals surface area contributed by atoms with Crippen LogP contribution < -0.4 is 10.1 Å². The topological polar surface area (TPSA) is 75.6 Å². The Balaban J connectivity index is 1.69. The molecule has 6 heteroatoms. The molecule has 1 amide bonds. The molecule has 0 saturated heterocycles. The molecule has 5 nitrogen and oxygen atoms in total. The number of hydrogen-bond acceptors (Lipinski definition) is 4. The van der Waals surface area contributed by atoms with Gasteiger partial charge in [0.1, 0.15) is 12.4 Å². The number of rotatable bonds is 5. The summed E-state index contributed by atoms with van der Waals surface area (Å²) in [5.74, 6) is -0.592. The van der Waals surface area contributed by atoms with Gasteiger partial charge in [-0.25, -0.2) is 0 Å². The molecule has 2 atom stereocenters. The Morgan fingerprint density at radius 3 is 2.87 bits per heavy atom. The number of carbonyl (C=O) groups excluding carboxylic acids is 1. The minimum atomic E-state index is -0.936. The minimum absolute atomic E-state index is 0.129. The number of benzene rings is 1. The van der Waals surface area contributed by atoms with Gasteiger partial charge in [0.2, 0.25) is 5.91 Å². The van der Waals surface area contributed by atoms with E-state index in [1.165, 1.54) is 11.3 Å². The van der Waals surface area contributed by atoms with Crippen LogP contribution in [0.15, 0.2) is 41.8 Å². The highest BCUT2D eigenvalue weighted by atomic mass is 32.1. The summed E-state index contributed by atoms with van der Waals surface area (Å²) in [5.41, 5.74) is 1.00. The second-order valence-corrected chi connectivity index (χ2v) is 6.47. The lowest BCUT2D eigenvalue weighted by Crippen LogP contribution is -2.39. The van der Waals surface area contributed by atoms with E-state index >= 15 is 0 Å². The molecule has 3 rings (SSSR count). The van der Waals surface area contributed by atoms with Gasteiger partial charge in [0.25, 0.3) is 0 Å². The number of fused-ring (bicyclic) bond motifs is 1. The minimum Gasteiger partial charge on any atom is -0.492 e. The van der Waals surface area contributed by atoms with Crippen LogP contribution in [0.1, 0.15) is 22.9 Å². The van der Waals surface area contributed by atoms with E-state index in [2.05, 4.69) is 5.32 Å². The standard InChI is InChI=1S/C17H17NO4S/c19-16(20)9-13(15-6-3-7-23-15)18-17(21)12-8-11-4-1-2-5-14(11)22-10-12/h1-7,12-13H,8-10H2,(H,18,21)(H,19,20). The van der Waals surface area contributed by atoms with Gasteiger partial charge in [-0.2, -0.15) is 0 Å². The Kier molecular flexibility index (Phi) is 4.62. The van der Waals surface area contributed by atoms with E-state index < -0.39 is 12.0 Å². The van der Waals surface area contributed by atoms with Crippen molar-refractivity contribution in [3.8, 4) is 5.75 Å². The molecular formula is C17H17NO4S. The van der Waals surface area contributed by atoms with E-state index in [0.29, 0.717) is 13.0 Å². The van der Waals surface area contributed by atoms with Crippen LogP contribution in [0.4, 0.5) is 0 Å². The molecule has 2 aromatic rings. The molecule has 2 heterocycles. The number of thiophene rings is 1. The van der Waals surface area contributed by atoms with Crippen molar-refractivity contribution in [1.82, 2.24) is 5.32 Å². The number of para-hydroxylation sites is 1. The first kappa shape index (κ1) is 15.6. The number of nitrogens with one attached hydrogen (secondary N) is 1. The normalized spacial score (nSPS) is 17.7. The summed E-state index contributed by atoms with van der Waals surface area (Å²) in [6, 6.07) is 10.8. The lowest BCUT2D eigenvalue weighted by atomic mass is 9.95. The highest BCUT2D eigenvalue weighted by Gasteiger charge is 2.28. The van der Waals surface area contributed by atoms with Gasteiger partial charge >= 0.3 is 5.97 Å². The third-order valence-electron chi connectivity index (χ3n) is 3.83. The fourth-order valence-electron chi connectivity index (χ4n) is 2.67. The molecule has 0 aliphatic carbocycles. The molecule has 2 unspecified atom stereocenters. The van der Waals surface area contributed by atoms with Gasteiger partial charge in [-0.1, -0.05) is 24.3 Å². The Hall–Kier alpha value is -2.34. The summed E-state index contributed by atoms with van der Waals surface area (Å²) in [7, 11) is 0. The van der Waals surface area contributed by atoms with Gasteiger partial charge in [-0.05, 0) is 29.5 Å². The molecule has 23 heavy (non-hydrogen) atoms. The van der Waals surface area contributed by atoms with Gasteiger partial charge in [0.05, 0.1) is 18.4 Å². The molecule has 1 aromatic heterocycles. The first-order valence-corrected chi connectivity index (χ1v) is 8.27. The van der Waals surface area contributed by atoms with Crippen molar-refractivity contribution in [2.75, 3.05) is 6.61 Å². The molecule has 120 valence electrons. The van der Waals surface area contributed by atoms with Gasteiger partial charge < -0.3 is 15.2 Å². The van der Waals surface area contributed by atoms with Crippen molar-refractivity contribution in [1.29, 1.82) is 0 Å². The summed E-state index contributed by atoms with van der Waals surface area (Å²) in [4.78, 5) is 24.4. The number of carboxylic acid groups (broad SMARTS) is 1. The van der Waals surface area contributed by atoms with Gasteiger partial charge in [-0.15, -0.1) is 11.3 Å². The largest absolute Gasteiger partial charge is 0.492 e. The van der Waals surface area contributed by atoms with Gasteiger partial charge in [0.15, 0.2) is 0 Å². The van der Waals surface area contributed by atoms with Crippen LogP contribution in [0.25, 0.3) is 0 Å². The van der Waals surface area contributed by atoms with Crippen molar-refractivity contribution in [3.63, 3.8) is 0 Å². The number of aliphatic carboxylic acids is 1. The van der Waals surface area contributed by atoms with Crippen molar-refractivity contribution < 1.29 is 19.4 Å². The fraction of sp³-hybridized carbons (Fsp3) is 0.294. The lowest BCUT2D eigenvalue weighted by Gasteiger charge is -2.26. The van der Waals surface area contributed by atoms with Crippen molar-refractivity contribution in [2.24, 2.45) is 5.92 Å². The molecular weight excluding hydrogens is 314 g/mol. The Bertz CT molecular complexity index is 698. The fourth-order valence-corrected chi connectivity index (χ4v) is 3.45. The van der Waals surface area contributed by atoms with Crippen molar-refractivity contribution >= 4 is 23.2 Å². The number of amides is 1. The summed E-state index contributed by atoms with van der Waals surface area (Å²) >= 11 is 1.44. The van der Waals surface area contributed by atoms with Gasteiger partial charge in [0, 0.05) is 4.88 Å². The molecule has 1 aliphatic heterocycles. The predicted octanol–water partition coefficient (Wildman–Crippen LogP) is 2.63. The maximum absolute atomic E-state index is 12.5. The second kappa shape index (κ2) is 6.83. The maximum atomic E-state index is 12.5. The Morgan fingerprint density at radius 1 is 1.30 bits per heavy atom. The average molecular weight is 331 g/mol. The lowest BCUT2D eigenvalue weighted by molar-refractivity contribution is -0.138.